The molecule has 2 aromatic carbocycles. The fraction of sp³-hybridized carbons (Fsp3) is 0.0526. The van der Waals surface area contributed by atoms with Crippen molar-refractivity contribution in [1.29, 1.82) is 0 Å². The van der Waals surface area contributed by atoms with E-state index in [4.69, 9.17) is 0 Å². The molecule has 0 radical (unpaired) electrons. The molecule has 1 N–H and O–H groups in total. The molecule has 0 spiro atoms. The number of aromatic nitrogens is 2. The van der Waals surface area contributed by atoms with Crippen LogP contribution in [0.4, 0.5) is 5.69 Å². The van der Waals surface area contributed by atoms with Crippen LogP contribution in [0, 0.1) is 0 Å². The summed E-state index contributed by atoms with van der Waals surface area (Å²) in [7, 11) is 1.43. The van der Waals surface area contributed by atoms with Gasteiger partial charge >= 0.3 is 0 Å². The first kappa shape index (κ1) is 15.8. The van der Waals surface area contributed by atoms with Crippen molar-refractivity contribution in [1.82, 2.24) is 14.7 Å². The molecule has 7 heteroatoms. The summed E-state index contributed by atoms with van der Waals surface area (Å²) in [6, 6.07) is 14.1. The first-order valence-corrected chi connectivity index (χ1v) is 7.92. The summed E-state index contributed by atoms with van der Waals surface area (Å²) in [6.07, 6.45) is 3.10. The zero-order valence-corrected chi connectivity index (χ0v) is 13.8. The van der Waals surface area contributed by atoms with Crippen LogP contribution in [0.5, 0.6) is 0 Å². The standard InChI is InChI=1S/C19H14N4O3/c1-22-18(25)15-8-7-13(9-16(15)19(22)26)21-17(24)12-10-20-23(11-12)14-5-3-2-4-6-14/h2-11H,1H3,(H,21,24). The summed E-state index contributed by atoms with van der Waals surface area (Å²) in [5, 5.41) is 6.92. The van der Waals surface area contributed by atoms with Crippen molar-refractivity contribution in [3.8, 4) is 5.69 Å². The van der Waals surface area contributed by atoms with Crippen LogP contribution in [0.25, 0.3) is 5.69 Å². The van der Waals surface area contributed by atoms with E-state index in [1.165, 1.54) is 19.3 Å². The van der Waals surface area contributed by atoms with Gasteiger partial charge in [-0.25, -0.2) is 4.68 Å². The number of hydrogen-bond acceptors (Lipinski definition) is 4. The van der Waals surface area contributed by atoms with Crippen LogP contribution in [0.3, 0.4) is 0 Å². The van der Waals surface area contributed by atoms with E-state index < -0.39 is 0 Å². The van der Waals surface area contributed by atoms with Gasteiger partial charge in [-0.3, -0.25) is 19.3 Å². The van der Waals surface area contributed by atoms with Crippen molar-refractivity contribution in [3.05, 3.63) is 77.6 Å². The predicted molar refractivity (Wildman–Crippen MR) is 94.4 cm³/mol. The highest BCUT2D eigenvalue weighted by Crippen LogP contribution is 2.25. The lowest BCUT2D eigenvalue weighted by molar-refractivity contribution is 0.0692. The second-order valence-electron chi connectivity index (χ2n) is 5.89. The largest absolute Gasteiger partial charge is 0.322 e. The van der Waals surface area contributed by atoms with E-state index in [1.807, 2.05) is 30.3 Å². The van der Waals surface area contributed by atoms with Gasteiger partial charge in [0.1, 0.15) is 0 Å². The molecule has 0 bridgehead atoms. The Morgan fingerprint density at radius 3 is 2.50 bits per heavy atom. The number of benzene rings is 2. The first-order chi connectivity index (χ1) is 12.5. The summed E-state index contributed by atoms with van der Waals surface area (Å²) in [6.45, 7) is 0. The van der Waals surface area contributed by atoms with Crippen molar-refractivity contribution in [2.45, 2.75) is 0 Å². The van der Waals surface area contributed by atoms with E-state index >= 15 is 0 Å². The second kappa shape index (κ2) is 5.96. The number of para-hydroxylation sites is 1. The second-order valence-corrected chi connectivity index (χ2v) is 5.89. The van der Waals surface area contributed by atoms with Crippen molar-refractivity contribution < 1.29 is 14.4 Å². The molecule has 1 aromatic heterocycles. The average molecular weight is 346 g/mol. The highest BCUT2D eigenvalue weighted by molar-refractivity contribution is 6.21. The fourth-order valence-corrected chi connectivity index (χ4v) is 2.80. The van der Waals surface area contributed by atoms with Crippen molar-refractivity contribution >= 4 is 23.4 Å². The van der Waals surface area contributed by atoms with Crippen LogP contribution < -0.4 is 5.32 Å². The first-order valence-electron chi connectivity index (χ1n) is 7.92. The maximum absolute atomic E-state index is 12.4. The molecule has 7 nitrogen and oxygen atoms in total. The molecule has 0 unspecified atom stereocenters. The normalized spacial score (nSPS) is 13.0. The molecule has 1 aliphatic rings. The number of hydrogen-bond donors (Lipinski definition) is 1. The van der Waals surface area contributed by atoms with Crippen LogP contribution in [0.15, 0.2) is 60.9 Å². The molecule has 0 atom stereocenters. The average Bonchev–Trinajstić information content (AvgIpc) is 3.24. The maximum Gasteiger partial charge on any atom is 0.261 e. The Kier molecular flexibility index (Phi) is 3.62. The molecule has 0 saturated carbocycles. The minimum absolute atomic E-state index is 0.287. The lowest BCUT2D eigenvalue weighted by Crippen LogP contribution is -2.24. The van der Waals surface area contributed by atoms with Crippen molar-refractivity contribution in [3.63, 3.8) is 0 Å². The van der Waals surface area contributed by atoms with Gasteiger partial charge in [0, 0.05) is 18.9 Å². The summed E-state index contributed by atoms with van der Waals surface area (Å²) in [5.41, 5.74) is 2.30. The van der Waals surface area contributed by atoms with E-state index in [9.17, 15) is 14.4 Å². The lowest BCUT2D eigenvalue weighted by atomic mass is 10.1. The Bertz CT molecular complexity index is 1040. The molecular formula is C19H14N4O3. The molecule has 1 aliphatic heterocycles. The molecule has 0 fully saturated rings. The third-order valence-corrected chi connectivity index (χ3v) is 4.21. The van der Waals surface area contributed by atoms with Gasteiger partial charge in [0.15, 0.2) is 0 Å². The third-order valence-electron chi connectivity index (χ3n) is 4.21. The topological polar surface area (TPSA) is 84.3 Å². The molecule has 26 heavy (non-hydrogen) atoms. The summed E-state index contributed by atoms with van der Waals surface area (Å²) >= 11 is 0. The van der Waals surface area contributed by atoms with Crippen LogP contribution in [-0.2, 0) is 0 Å². The molecule has 0 saturated heterocycles. The quantitative estimate of drug-likeness (QED) is 0.738. The number of nitrogens with zero attached hydrogens (tertiary/aromatic N) is 3. The van der Waals surface area contributed by atoms with Crippen molar-refractivity contribution in [2.24, 2.45) is 0 Å². The Balaban J connectivity index is 1.56. The van der Waals surface area contributed by atoms with Gasteiger partial charge in [0.25, 0.3) is 17.7 Å². The van der Waals surface area contributed by atoms with Gasteiger partial charge in [-0.2, -0.15) is 5.10 Å². The van der Waals surface area contributed by atoms with E-state index in [0.717, 1.165) is 10.6 Å². The smallest absolute Gasteiger partial charge is 0.261 e. The van der Waals surface area contributed by atoms with E-state index in [0.29, 0.717) is 16.8 Å². The zero-order chi connectivity index (χ0) is 18.3. The number of carbonyl (C=O) groups is 3. The van der Waals surface area contributed by atoms with Gasteiger partial charge in [-0.1, -0.05) is 18.2 Å². The number of amides is 3. The lowest BCUT2D eigenvalue weighted by Gasteiger charge is -2.05. The van der Waals surface area contributed by atoms with Crippen LogP contribution >= 0.6 is 0 Å². The molecule has 128 valence electrons. The Morgan fingerprint density at radius 2 is 1.73 bits per heavy atom. The van der Waals surface area contributed by atoms with Crippen LogP contribution in [0.2, 0.25) is 0 Å². The van der Waals surface area contributed by atoms with Crippen molar-refractivity contribution in [2.75, 3.05) is 12.4 Å². The van der Waals surface area contributed by atoms with E-state index in [-0.39, 0.29) is 23.3 Å². The van der Waals surface area contributed by atoms with Gasteiger partial charge in [0.05, 0.1) is 28.6 Å². The summed E-state index contributed by atoms with van der Waals surface area (Å²) in [5.74, 6) is -1.07. The number of carbonyl (C=O) groups excluding carboxylic acids is 3. The minimum atomic E-state index is -0.377. The van der Waals surface area contributed by atoms with E-state index in [1.54, 1.807) is 23.0 Å². The van der Waals surface area contributed by atoms with E-state index in [2.05, 4.69) is 10.4 Å². The number of fused-ring (bicyclic) bond motifs is 1. The zero-order valence-electron chi connectivity index (χ0n) is 13.8. The molecule has 4 rings (SSSR count). The number of imide groups is 1. The van der Waals surface area contributed by atoms with Crippen LogP contribution in [0.1, 0.15) is 31.1 Å². The number of rotatable bonds is 3. The summed E-state index contributed by atoms with van der Waals surface area (Å²) in [4.78, 5) is 37.5. The highest BCUT2D eigenvalue weighted by atomic mass is 16.2. The Labute approximate surface area is 148 Å². The molecule has 3 aromatic rings. The fourth-order valence-electron chi connectivity index (χ4n) is 2.80. The number of anilines is 1. The SMILES string of the molecule is CN1C(=O)c2ccc(NC(=O)c3cnn(-c4ccccc4)c3)cc2C1=O. The van der Waals surface area contributed by atoms with Gasteiger partial charge in [0.2, 0.25) is 0 Å². The monoisotopic (exact) mass is 346 g/mol. The maximum atomic E-state index is 12.4. The number of nitrogens with one attached hydrogen (secondary N) is 1. The summed E-state index contributed by atoms with van der Waals surface area (Å²) < 4.78 is 1.61. The Morgan fingerprint density at radius 1 is 1.00 bits per heavy atom. The third kappa shape index (κ3) is 2.55. The van der Waals surface area contributed by atoms with Crippen LogP contribution in [-0.4, -0.2) is 39.4 Å². The van der Waals surface area contributed by atoms with Gasteiger partial charge < -0.3 is 5.32 Å². The van der Waals surface area contributed by atoms with Gasteiger partial charge in [-0.05, 0) is 30.3 Å². The molecule has 3 amide bonds. The molecule has 0 aliphatic carbocycles. The minimum Gasteiger partial charge on any atom is -0.322 e. The highest BCUT2D eigenvalue weighted by Gasteiger charge is 2.32. The predicted octanol–water partition coefficient (Wildman–Crippen LogP) is 2.35. The van der Waals surface area contributed by atoms with Gasteiger partial charge in [-0.15, -0.1) is 0 Å². The Hall–Kier alpha value is -3.74. The molecular weight excluding hydrogens is 332 g/mol. The molecule has 2 heterocycles.